The van der Waals surface area contributed by atoms with Crippen LogP contribution in [0.4, 0.5) is 0 Å². The lowest BCUT2D eigenvalue weighted by molar-refractivity contribution is -0.135. The van der Waals surface area contributed by atoms with Gasteiger partial charge in [0.2, 0.25) is 0 Å². The zero-order valence-corrected chi connectivity index (χ0v) is 9.42. The van der Waals surface area contributed by atoms with Crippen molar-refractivity contribution in [2.45, 2.75) is 6.23 Å². The van der Waals surface area contributed by atoms with E-state index in [9.17, 15) is 4.79 Å². The molecule has 0 amide bonds. The largest absolute Gasteiger partial charge is 0.467 e. The molecule has 0 saturated carbocycles. The summed E-state index contributed by atoms with van der Waals surface area (Å²) in [5.74, 6) is 0.400. The highest BCUT2D eigenvalue weighted by Gasteiger charge is 2.13. The van der Waals surface area contributed by atoms with Crippen molar-refractivity contribution in [1.29, 1.82) is 0 Å². The fourth-order valence-corrected chi connectivity index (χ4v) is 1.43. The van der Waals surface area contributed by atoms with E-state index in [0.717, 1.165) is 5.75 Å². The topological polar surface area (TPSA) is 47.6 Å². The average molecular weight is 231 g/mol. The zero-order valence-electron chi connectivity index (χ0n) is 9.42. The van der Waals surface area contributed by atoms with Crippen LogP contribution in [0, 0.1) is 0 Å². The predicted octanol–water partition coefficient (Wildman–Crippen LogP) is 1.61. The Morgan fingerprint density at radius 2 is 2.06 bits per heavy atom. The Morgan fingerprint density at radius 1 is 1.29 bits per heavy atom. The second kappa shape index (κ2) is 5.21. The van der Waals surface area contributed by atoms with Crippen molar-refractivity contribution in [2.24, 2.45) is 0 Å². The number of para-hydroxylation sites is 1. The highest BCUT2D eigenvalue weighted by molar-refractivity contribution is 5.91. The molecule has 0 saturated heterocycles. The molecular weight excluding hydrogens is 218 g/mol. The standard InChI is InChI=1S/C13H13NO3/c1-16-13(15)10-7-8-12(14-9-10)17-11-5-3-2-4-6-11/h2-9,12,14H,1H3. The minimum absolute atomic E-state index is 0.272. The van der Waals surface area contributed by atoms with Crippen LogP contribution in [0.15, 0.2) is 54.3 Å². The number of dihydropyridines is 1. The Morgan fingerprint density at radius 3 is 2.65 bits per heavy atom. The Labute approximate surface area is 99.5 Å². The van der Waals surface area contributed by atoms with Gasteiger partial charge in [-0.25, -0.2) is 4.79 Å². The summed E-state index contributed by atoms with van der Waals surface area (Å²) in [5, 5.41) is 2.96. The lowest BCUT2D eigenvalue weighted by atomic mass is 10.2. The van der Waals surface area contributed by atoms with Crippen molar-refractivity contribution < 1.29 is 14.3 Å². The van der Waals surface area contributed by atoms with Gasteiger partial charge in [0.1, 0.15) is 5.75 Å². The second-order valence-electron chi connectivity index (χ2n) is 3.47. The molecule has 1 unspecified atom stereocenters. The molecule has 1 aromatic carbocycles. The average Bonchev–Trinajstić information content (AvgIpc) is 2.40. The summed E-state index contributed by atoms with van der Waals surface area (Å²) in [4.78, 5) is 11.2. The predicted molar refractivity (Wildman–Crippen MR) is 63.2 cm³/mol. The maximum atomic E-state index is 11.2. The van der Waals surface area contributed by atoms with Crippen molar-refractivity contribution in [3.8, 4) is 5.75 Å². The molecule has 0 bridgehead atoms. The highest BCUT2D eigenvalue weighted by atomic mass is 16.5. The Hall–Kier alpha value is -2.23. The van der Waals surface area contributed by atoms with Crippen molar-refractivity contribution in [3.05, 3.63) is 54.3 Å². The summed E-state index contributed by atoms with van der Waals surface area (Å²) in [6.45, 7) is 0. The molecule has 0 aliphatic carbocycles. The van der Waals surface area contributed by atoms with Crippen molar-refractivity contribution in [1.82, 2.24) is 5.32 Å². The summed E-state index contributed by atoms with van der Waals surface area (Å²) in [6.07, 6.45) is 4.75. The van der Waals surface area contributed by atoms with Crippen LogP contribution in [0.3, 0.4) is 0 Å². The Bertz CT molecular complexity index is 451. The second-order valence-corrected chi connectivity index (χ2v) is 3.47. The number of benzene rings is 1. The Balaban J connectivity index is 1.95. The van der Waals surface area contributed by atoms with Gasteiger partial charge in [-0.3, -0.25) is 0 Å². The number of rotatable bonds is 3. The van der Waals surface area contributed by atoms with E-state index < -0.39 is 0 Å². The van der Waals surface area contributed by atoms with Gasteiger partial charge in [-0.2, -0.15) is 0 Å². The molecule has 4 heteroatoms. The van der Waals surface area contributed by atoms with Gasteiger partial charge in [0.05, 0.1) is 12.7 Å². The van der Waals surface area contributed by atoms with Gasteiger partial charge in [-0.1, -0.05) is 18.2 Å². The number of ether oxygens (including phenoxy) is 2. The van der Waals surface area contributed by atoms with E-state index in [2.05, 4.69) is 10.1 Å². The van der Waals surface area contributed by atoms with E-state index in [-0.39, 0.29) is 12.2 Å². The first kappa shape index (κ1) is 11.3. The van der Waals surface area contributed by atoms with E-state index in [0.29, 0.717) is 5.57 Å². The molecule has 0 fully saturated rings. The summed E-state index contributed by atoms with van der Waals surface area (Å²) in [5.41, 5.74) is 0.473. The monoisotopic (exact) mass is 231 g/mol. The fraction of sp³-hybridized carbons (Fsp3) is 0.154. The van der Waals surface area contributed by atoms with Gasteiger partial charge < -0.3 is 14.8 Å². The number of carbonyl (C=O) groups is 1. The molecule has 1 N–H and O–H groups in total. The first-order valence-corrected chi connectivity index (χ1v) is 5.24. The van der Waals surface area contributed by atoms with Gasteiger partial charge in [0.15, 0.2) is 6.23 Å². The SMILES string of the molecule is COC(=O)C1=CNC(Oc2ccccc2)C=C1. The van der Waals surface area contributed by atoms with Crippen LogP contribution in [0.5, 0.6) is 5.75 Å². The molecule has 0 spiro atoms. The zero-order chi connectivity index (χ0) is 12.1. The maximum absolute atomic E-state index is 11.2. The van der Waals surface area contributed by atoms with Gasteiger partial charge in [0.25, 0.3) is 0 Å². The van der Waals surface area contributed by atoms with E-state index >= 15 is 0 Å². The lowest BCUT2D eigenvalue weighted by Gasteiger charge is -2.19. The van der Waals surface area contributed by atoms with Gasteiger partial charge >= 0.3 is 5.97 Å². The molecule has 0 radical (unpaired) electrons. The molecule has 17 heavy (non-hydrogen) atoms. The summed E-state index contributed by atoms with van der Waals surface area (Å²) >= 11 is 0. The molecule has 1 aromatic rings. The summed E-state index contributed by atoms with van der Waals surface area (Å²) in [7, 11) is 1.35. The minimum Gasteiger partial charge on any atom is -0.467 e. The van der Waals surface area contributed by atoms with Crippen LogP contribution >= 0.6 is 0 Å². The normalized spacial score (nSPS) is 17.9. The molecule has 88 valence electrons. The van der Waals surface area contributed by atoms with E-state index in [1.165, 1.54) is 7.11 Å². The van der Waals surface area contributed by atoms with E-state index in [4.69, 9.17) is 4.74 Å². The van der Waals surface area contributed by atoms with E-state index in [1.54, 1.807) is 18.4 Å². The molecular formula is C13H13NO3. The number of hydrogen-bond acceptors (Lipinski definition) is 4. The molecule has 2 rings (SSSR count). The van der Waals surface area contributed by atoms with Crippen LogP contribution in [-0.4, -0.2) is 19.3 Å². The van der Waals surface area contributed by atoms with Gasteiger partial charge in [-0.15, -0.1) is 0 Å². The summed E-state index contributed by atoms with van der Waals surface area (Å²) < 4.78 is 10.2. The molecule has 1 aliphatic rings. The first-order chi connectivity index (χ1) is 8.29. The third kappa shape index (κ3) is 2.87. The third-order valence-electron chi connectivity index (χ3n) is 2.28. The van der Waals surface area contributed by atoms with Crippen LogP contribution < -0.4 is 10.1 Å². The Kier molecular flexibility index (Phi) is 3.45. The minimum atomic E-state index is -0.369. The van der Waals surface area contributed by atoms with Crippen molar-refractivity contribution in [2.75, 3.05) is 7.11 Å². The van der Waals surface area contributed by atoms with Crippen molar-refractivity contribution in [3.63, 3.8) is 0 Å². The van der Waals surface area contributed by atoms with Crippen LogP contribution in [0.25, 0.3) is 0 Å². The number of nitrogens with one attached hydrogen (secondary N) is 1. The quantitative estimate of drug-likeness (QED) is 0.803. The van der Waals surface area contributed by atoms with Gasteiger partial charge in [0, 0.05) is 6.20 Å². The first-order valence-electron chi connectivity index (χ1n) is 5.24. The van der Waals surface area contributed by atoms with Crippen LogP contribution in [0.2, 0.25) is 0 Å². The molecule has 1 heterocycles. The van der Waals surface area contributed by atoms with Crippen LogP contribution in [-0.2, 0) is 9.53 Å². The highest BCUT2D eigenvalue weighted by Crippen LogP contribution is 2.13. The lowest BCUT2D eigenvalue weighted by Crippen LogP contribution is -2.31. The smallest absolute Gasteiger partial charge is 0.339 e. The fourth-order valence-electron chi connectivity index (χ4n) is 1.43. The molecule has 1 aliphatic heterocycles. The number of hydrogen-bond donors (Lipinski definition) is 1. The van der Waals surface area contributed by atoms with E-state index in [1.807, 2.05) is 30.3 Å². The number of methoxy groups -OCH3 is 1. The van der Waals surface area contributed by atoms with Gasteiger partial charge in [-0.05, 0) is 24.3 Å². The van der Waals surface area contributed by atoms with Crippen molar-refractivity contribution >= 4 is 5.97 Å². The molecule has 4 nitrogen and oxygen atoms in total. The number of esters is 1. The third-order valence-corrected chi connectivity index (χ3v) is 2.28. The number of carbonyl (C=O) groups excluding carboxylic acids is 1. The summed E-state index contributed by atoms with van der Waals surface area (Å²) in [6, 6.07) is 9.46. The molecule has 1 atom stereocenters. The maximum Gasteiger partial charge on any atom is 0.339 e. The molecule has 0 aromatic heterocycles. The van der Waals surface area contributed by atoms with Crippen LogP contribution in [0.1, 0.15) is 0 Å².